The first kappa shape index (κ1) is 22.2. The summed E-state index contributed by atoms with van der Waals surface area (Å²) in [6.45, 7) is 5.96. The Morgan fingerprint density at radius 3 is 2.20 bits per heavy atom. The van der Waals surface area contributed by atoms with Crippen LogP contribution in [0.25, 0.3) is 0 Å². The number of hydrogen-bond donors (Lipinski definition) is 1. The molecule has 0 aromatic heterocycles. The quantitative estimate of drug-likeness (QED) is 0.653. The van der Waals surface area contributed by atoms with Crippen LogP contribution in [0.1, 0.15) is 43.7 Å². The summed E-state index contributed by atoms with van der Waals surface area (Å²) in [5, 5.41) is 2.52. The molecular weight excluding hydrogens is 413 g/mol. The van der Waals surface area contributed by atoms with Crippen LogP contribution in [0.15, 0.2) is 48.5 Å². The molecule has 1 atom stereocenters. The van der Waals surface area contributed by atoms with Crippen LogP contribution in [0.4, 0.5) is 24.5 Å². The van der Waals surface area contributed by atoms with Crippen LogP contribution in [0, 0.1) is 5.41 Å². The Bertz CT molecular complexity index is 919. The third-order valence-corrected chi connectivity index (χ3v) is 5.72. The lowest BCUT2D eigenvalue weighted by molar-refractivity contribution is -0.137. The molecule has 1 heterocycles. The van der Waals surface area contributed by atoms with Gasteiger partial charge in [-0.15, -0.1) is 11.8 Å². The Hall–Kier alpha value is -2.48. The molecule has 2 amide bonds. The molecule has 1 aliphatic rings. The zero-order valence-electron chi connectivity index (χ0n) is 16.9. The van der Waals surface area contributed by atoms with Gasteiger partial charge in [0.1, 0.15) is 5.37 Å². The van der Waals surface area contributed by atoms with Crippen molar-refractivity contribution in [3.63, 3.8) is 0 Å². The average Bonchev–Trinajstić information content (AvgIpc) is 3.01. The number of anilines is 2. The molecule has 30 heavy (non-hydrogen) atoms. The van der Waals surface area contributed by atoms with Gasteiger partial charge in [0, 0.05) is 17.8 Å². The molecule has 2 aromatic rings. The predicted octanol–water partition coefficient (Wildman–Crippen LogP) is 5.86. The molecule has 3 rings (SSSR count). The van der Waals surface area contributed by atoms with Crippen molar-refractivity contribution in [2.45, 2.75) is 38.7 Å². The van der Waals surface area contributed by atoms with E-state index in [0.29, 0.717) is 17.8 Å². The molecule has 1 saturated heterocycles. The second-order valence-electron chi connectivity index (χ2n) is 8.38. The van der Waals surface area contributed by atoms with Gasteiger partial charge in [0.15, 0.2) is 0 Å². The predicted molar refractivity (Wildman–Crippen MR) is 113 cm³/mol. The van der Waals surface area contributed by atoms with Crippen molar-refractivity contribution in [3.05, 3.63) is 59.7 Å². The van der Waals surface area contributed by atoms with E-state index in [2.05, 4.69) is 5.32 Å². The van der Waals surface area contributed by atoms with Crippen LogP contribution in [0.3, 0.4) is 0 Å². The van der Waals surface area contributed by atoms with Crippen LogP contribution in [-0.4, -0.2) is 17.6 Å². The molecular formula is C22H23F3N2O2S. The zero-order chi connectivity index (χ0) is 22.1. The monoisotopic (exact) mass is 436 g/mol. The summed E-state index contributed by atoms with van der Waals surface area (Å²) in [5.41, 5.74) is 1.04. The van der Waals surface area contributed by atoms with Crippen LogP contribution >= 0.6 is 11.8 Å². The standard InChI is InChI=1S/C22H23F3N2O2S/c1-21(2,3)12-18(28)26-16-8-4-14(5-9-16)20-27(19(29)13-30-20)17-10-6-15(7-11-17)22(23,24)25/h4-11,20H,12-13H2,1-3H3,(H,26,28). The number of thioether (sulfide) groups is 1. The molecule has 0 spiro atoms. The summed E-state index contributed by atoms with van der Waals surface area (Å²) in [6.07, 6.45) is -4.03. The average molecular weight is 436 g/mol. The van der Waals surface area contributed by atoms with Crippen LogP contribution in [0.2, 0.25) is 0 Å². The van der Waals surface area contributed by atoms with E-state index in [1.807, 2.05) is 32.9 Å². The van der Waals surface area contributed by atoms with Crippen LogP contribution < -0.4 is 10.2 Å². The maximum atomic E-state index is 12.8. The third-order valence-electron chi connectivity index (χ3n) is 4.51. The van der Waals surface area contributed by atoms with Gasteiger partial charge in [-0.1, -0.05) is 32.9 Å². The SMILES string of the molecule is CC(C)(C)CC(=O)Nc1ccc(C2SCC(=O)N2c2ccc(C(F)(F)F)cc2)cc1. The third kappa shape index (κ3) is 5.36. The summed E-state index contributed by atoms with van der Waals surface area (Å²) in [6, 6.07) is 11.8. The van der Waals surface area contributed by atoms with Crippen molar-refractivity contribution in [2.24, 2.45) is 5.41 Å². The Balaban J connectivity index is 1.76. The van der Waals surface area contributed by atoms with E-state index in [9.17, 15) is 22.8 Å². The molecule has 0 aliphatic carbocycles. The van der Waals surface area contributed by atoms with Gasteiger partial charge in [-0.3, -0.25) is 14.5 Å². The molecule has 0 saturated carbocycles. The minimum absolute atomic E-state index is 0.0768. The van der Waals surface area contributed by atoms with E-state index in [-0.39, 0.29) is 28.4 Å². The maximum Gasteiger partial charge on any atom is 0.416 e. The Morgan fingerprint density at radius 1 is 1.07 bits per heavy atom. The molecule has 160 valence electrons. The number of carbonyl (C=O) groups is 2. The van der Waals surface area contributed by atoms with E-state index in [1.54, 1.807) is 12.1 Å². The molecule has 1 unspecified atom stereocenters. The lowest BCUT2D eigenvalue weighted by Crippen LogP contribution is -2.27. The fraction of sp³-hybridized carbons (Fsp3) is 0.364. The highest BCUT2D eigenvalue weighted by atomic mass is 32.2. The van der Waals surface area contributed by atoms with Gasteiger partial charge >= 0.3 is 6.18 Å². The fourth-order valence-corrected chi connectivity index (χ4v) is 4.36. The molecule has 0 radical (unpaired) electrons. The van der Waals surface area contributed by atoms with Crippen molar-refractivity contribution in [3.8, 4) is 0 Å². The smallest absolute Gasteiger partial charge is 0.326 e. The molecule has 1 N–H and O–H groups in total. The normalized spacial score (nSPS) is 17.3. The lowest BCUT2D eigenvalue weighted by atomic mass is 9.92. The topological polar surface area (TPSA) is 49.4 Å². The summed E-state index contributed by atoms with van der Waals surface area (Å²) >= 11 is 1.41. The van der Waals surface area contributed by atoms with E-state index < -0.39 is 11.7 Å². The second kappa shape index (κ2) is 8.34. The molecule has 1 aliphatic heterocycles. The summed E-state index contributed by atoms with van der Waals surface area (Å²) in [5.74, 6) is 0.00909. The molecule has 4 nitrogen and oxygen atoms in total. The van der Waals surface area contributed by atoms with Gasteiger partial charge in [0.25, 0.3) is 0 Å². The highest BCUT2D eigenvalue weighted by Gasteiger charge is 2.35. The number of benzene rings is 2. The summed E-state index contributed by atoms with van der Waals surface area (Å²) in [4.78, 5) is 26.0. The van der Waals surface area contributed by atoms with Gasteiger partial charge < -0.3 is 5.32 Å². The number of nitrogens with one attached hydrogen (secondary N) is 1. The van der Waals surface area contributed by atoms with E-state index in [4.69, 9.17) is 0 Å². The van der Waals surface area contributed by atoms with Crippen molar-refractivity contribution in [1.29, 1.82) is 0 Å². The fourth-order valence-electron chi connectivity index (χ4n) is 3.18. The van der Waals surface area contributed by atoms with Gasteiger partial charge in [-0.05, 0) is 47.4 Å². The van der Waals surface area contributed by atoms with Crippen LogP contribution in [-0.2, 0) is 15.8 Å². The van der Waals surface area contributed by atoms with Crippen LogP contribution in [0.5, 0.6) is 0 Å². The largest absolute Gasteiger partial charge is 0.416 e. The number of amides is 2. The van der Waals surface area contributed by atoms with Gasteiger partial charge in [-0.25, -0.2) is 0 Å². The highest BCUT2D eigenvalue weighted by Crippen LogP contribution is 2.42. The van der Waals surface area contributed by atoms with Gasteiger partial charge in [-0.2, -0.15) is 13.2 Å². The molecule has 0 bridgehead atoms. The zero-order valence-corrected chi connectivity index (χ0v) is 17.7. The van der Waals surface area contributed by atoms with E-state index in [0.717, 1.165) is 17.7 Å². The van der Waals surface area contributed by atoms with E-state index >= 15 is 0 Å². The maximum absolute atomic E-state index is 12.8. The van der Waals surface area contributed by atoms with Crippen molar-refractivity contribution in [2.75, 3.05) is 16.0 Å². The van der Waals surface area contributed by atoms with Gasteiger partial charge in [0.05, 0.1) is 11.3 Å². The molecule has 8 heteroatoms. The first-order valence-corrected chi connectivity index (χ1v) is 10.5. The summed E-state index contributed by atoms with van der Waals surface area (Å²) < 4.78 is 38.5. The lowest BCUT2D eigenvalue weighted by Gasteiger charge is -2.25. The minimum atomic E-state index is -4.42. The van der Waals surface area contributed by atoms with E-state index in [1.165, 1.54) is 28.8 Å². The van der Waals surface area contributed by atoms with Crippen molar-refractivity contribution in [1.82, 2.24) is 0 Å². The Kier molecular flexibility index (Phi) is 6.17. The number of rotatable bonds is 4. The first-order chi connectivity index (χ1) is 13.9. The Labute approximate surface area is 177 Å². The number of halogens is 3. The molecule has 2 aromatic carbocycles. The first-order valence-electron chi connectivity index (χ1n) is 9.45. The number of carbonyl (C=O) groups excluding carboxylic acids is 2. The number of alkyl halides is 3. The highest BCUT2D eigenvalue weighted by molar-refractivity contribution is 8.00. The van der Waals surface area contributed by atoms with Gasteiger partial charge in [0.2, 0.25) is 11.8 Å². The number of hydrogen-bond acceptors (Lipinski definition) is 3. The second-order valence-corrected chi connectivity index (χ2v) is 9.45. The van der Waals surface area contributed by atoms with Crippen molar-refractivity contribution < 1.29 is 22.8 Å². The number of nitrogens with zero attached hydrogens (tertiary/aromatic N) is 1. The summed E-state index contributed by atoms with van der Waals surface area (Å²) in [7, 11) is 0. The molecule has 1 fully saturated rings. The van der Waals surface area contributed by atoms with Crippen molar-refractivity contribution >= 4 is 35.0 Å². The Morgan fingerprint density at radius 2 is 1.67 bits per heavy atom. The minimum Gasteiger partial charge on any atom is -0.326 e.